The van der Waals surface area contributed by atoms with Crippen LogP contribution in [0.2, 0.25) is 0 Å². The third kappa shape index (κ3) is 4.30. The molecular weight excluding hydrogens is 386 g/mol. The van der Waals surface area contributed by atoms with Crippen LogP contribution in [0.4, 0.5) is 0 Å². The molecule has 0 spiro atoms. The summed E-state index contributed by atoms with van der Waals surface area (Å²) < 4.78 is 6.93. The van der Waals surface area contributed by atoms with E-state index in [1.54, 1.807) is 28.6 Å². The Kier molecular flexibility index (Phi) is 5.57. The van der Waals surface area contributed by atoms with E-state index in [1.807, 2.05) is 48.7 Å². The lowest BCUT2D eigenvalue weighted by atomic mass is 10.1. The van der Waals surface area contributed by atoms with Gasteiger partial charge in [0, 0.05) is 17.8 Å². The van der Waals surface area contributed by atoms with Crippen LogP contribution in [0.1, 0.15) is 22.6 Å². The van der Waals surface area contributed by atoms with Gasteiger partial charge in [-0.3, -0.25) is 14.2 Å². The predicted molar refractivity (Wildman–Crippen MR) is 113 cm³/mol. The van der Waals surface area contributed by atoms with Crippen LogP contribution in [0.5, 0.6) is 0 Å². The number of thiophene rings is 1. The lowest BCUT2D eigenvalue weighted by molar-refractivity contribution is -0.132. The van der Waals surface area contributed by atoms with E-state index in [9.17, 15) is 9.59 Å². The fourth-order valence-electron chi connectivity index (χ4n) is 3.28. The summed E-state index contributed by atoms with van der Waals surface area (Å²) in [6, 6.07) is 13.2. The Bertz CT molecular complexity index is 1130. The molecule has 0 aliphatic rings. The number of hydrogen-bond donors (Lipinski definition) is 0. The fourth-order valence-corrected chi connectivity index (χ4v) is 4.00. The zero-order chi connectivity index (χ0) is 20.2. The van der Waals surface area contributed by atoms with Crippen molar-refractivity contribution >= 4 is 28.1 Å². The maximum Gasteiger partial charge on any atom is 0.261 e. The molecule has 148 valence electrons. The summed E-state index contributed by atoms with van der Waals surface area (Å²) in [6.07, 6.45) is 3.34. The van der Waals surface area contributed by atoms with Gasteiger partial charge in [-0.2, -0.15) is 0 Å². The molecule has 1 aromatic carbocycles. The number of benzene rings is 1. The van der Waals surface area contributed by atoms with Gasteiger partial charge in [0.15, 0.2) is 0 Å². The average molecular weight is 407 g/mol. The lowest BCUT2D eigenvalue weighted by Gasteiger charge is -2.21. The largest absolute Gasteiger partial charge is 0.467 e. The first-order valence-electron chi connectivity index (χ1n) is 9.39. The van der Waals surface area contributed by atoms with E-state index < -0.39 is 0 Å². The predicted octanol–water partition coefficient (Wildman–Crippen LogP) is 3.98. The highest BCUT2D eigenvalue weighted by Gasteiger charge is 2.17. The van der Waals surface area contributed by atoms with Crippen LogP contribution >= 0.6 is 11.3 Å². The van der Waals surface area contributed by atoms with Crippen molar-refractivity contribution in [2.24, 2.45) is 0 Å². The zero-order valence-corrected chi connectivity index (χ0v) is 16.9. The summed E-state index contributed by atoms with van der Waals surface area (Å²) in [5.74, 6) is 0.695. The molecule has 6 nitrogen and oxygen atoms in total. The molecule has 0 aliphatic heterocycles. The zero-order valence-electron chi connectivity index (χ0n) is 16.1. The Morgan fingerprint density at radius 3 is 2.83 bits per heavy atom. The molecule has 7 heteroatoms. The van der Waals surface area contributed by atoms with Crippen molar-refractivity contribution in [1.29, 1.82) is 0 Å². The Hall–Kier alpha value is -3.19. The van der Waals surface area contributed by atoms with Crippen LogP contribution in [-0.2, 0) is 24.4 Å². The number of furan rings is 1. The lowest BCUT2D eigenvalue weighted by Crippen LogP contribution is -2.31. The monoisotopic (exact) mass is 407 g/mol. The standard InChI is InChI=1S/C22H21N3O3S/c1-16-5-2-8-19-21(16)23-15-24(22(19)27)10-9-20(26)25(13-17-6-3-11-28-17)14-18-7-4-12-29-18/h2-8,11-12,15H,9-10,13-14H2,1H3. The van der Waals surface area contributed by atoms with E-state index in [4.69, 9.17) is 4.42 Å². The number of nitrogens with zero attached hydrogens (tertiary/aromatic N) is 3. The minimum atomic E-state index is -0.123. The molecule has 0 aliphatic carbocycles. The molecule has 0 radical (unpaired) electrons. The number of aromatic nitrogens is 2. The third-order valence-corrected chi connectivity index (χ3v) is 5.69. The van der Waals surface area contributed by atoms with Crippen LogP contribution in [0.15, 0.2) is 69.6 Å². The van der Waals surface area contributed by atoms with E-state index in [0.29, 0.717) is 24.0 Å². The molecule has 4 rings (SSSR count). The van der Waals surface area contributed by atoms with Gasteiger partial charge >= 0.3 is 0 Å². The smallest absolute Gasteiger partial charge is 0.261 e. The van der Waals surface area contributed by atoms with Gasteiger partial charge in [0.25, 0.3) is 5.56 Å². The maximum absolute atomic E-state index is 13.0. The van der Waals surface area contributed by atoms with Crippen LogP contribution < -0.4 is 5.56 Å². The van der Waals surface area contributed by atoms with Crippen molar-refractivity contribution in [2.45, 2.75) is 33.0 Å². The number of amides is 1. The number of hydrogen-bond acceptors (Lipinski definition) is 5. The topological polar surface area (TPSA) is 68.3 Å². The Morgan fingerprint density at radius 1 is 1.17 bits per heavy atom. The second kappa shape index (κ2) is 8.45. The van der Waals surface area contributed by atoms with Gasteiger partial charge in [0.1, 0.15) is 5.76 Å². The van der Waals surface area contributed by atoms with Gasteiger partial charge in [0.2, 0.25) is 5.91 Å². The van der Waals surface area contributed by atoms with E-state index in [1.165, 1.54) is 10.9 Å². The second-order valence-electron chi connectivity index (χ2n) is 6.87. The molecule has 0 N–H and O–H groups in total. The van der Waals surface area contributed by atoms with Gasteiger partial charge in [-0.25, -0.2) is 4.98 Å². The SMILES string of the molecule is Cc1cccc2c(=O)n(CCC(=O)N(Cc3ccco3)Cc3cccs3)cnc12. The minimum absolute atomic E-state index is 0.0361. The fraction of sp³-hybridized carbons (Fsp3) is 0.227. The summed E-state index contributed by atoms with van der Waals surface area (Å²) in [4.78, 5) is 33.0. The third-order valence-electron chi connectivity index (χ3n) is 4.83. The normalized spacial score (nSPS) is 11.1. The molecule has 0 saturated heterocycles. The van der Waals surface area contributed by atoms with Gasteiger partial charge < -0.3 is 9.32 Å². The van der Waals surface area contributed by atoms with Crippen molar-refractivity contribution < 1.29 is 9.21 Å². The van der Waals surface area contributed by atoms with Crippen molar-refractivity contribution in [3.63, 3.8) is 0 Å². The van der Waals surface area contributed by atoms with Crippen LogP contribution in [0.25, 0.3) is 10.9 Å². The van der Waals surface area contributed by atoms with Crippen molar-refractivity contribution in [1.82, 2.24) is 14.5 Å². The highest BCUT2D eigenvalue weighted by atomic mass is 32.1. The molecule has 3 heterocycles. The summed E-state index contributed by atoms with van der Waals surface area (Å²) >= 11 is 1.61. The van der Waals surface area contributed by atoms with E-state index in [-0.39, 0.29) is 24.4 Å². The van der Waals surface area contributed by atoms with Crippen molar-refractivity contribution in [3.05, 3.63) is 87.0 Å². The van der Waals surface area contributed by atoms with E-state index >= 15 is 0 Å². The molecule has 3 aromatic heterocycles. The van der Waals surface area contributed by atoms with Crippen molar-refractivity contribution in [3.8, 4) is 0 Å². The summed E-state index contributed by atoms with van der Waals surface area (Å²) in [5, 5.41) is 2.57. The number of rotatable bonds is 7. The van der Waals surface area contributed by atoms with Gasteiger partial charge in [-0.1, -0.05) is 18.2 Å². The number of aryl methyl sites for hydroxylation is 2. The molecule has 1 amide bonds. The summed E-state index contributed by atoms with van der Waals surface area (Å²) in [5.41, 5.74) is 1.54. The van der Waals surface area contributed by atoms with E-state index in [0.717, 1.165) is 16.2 Å². The maximum atomic E-state index is 13.0. The number of para-hydroxylation sites is 1. The Labute approximate surface area is 172 Å². The van der Waals surface area contributed by atoms with Crippen LogP contribution in [0, 0.1) is 6.92 Å². The first kappa shape index (κ1) is 19.1. The van der Waals surface area contributed by atoms with Crippen molar-refractivity contribution in [2.75, 3.05) is 0 Å². The Morgan fingerprint density at radius 2 is 2.07 bits per heavy atom. The van der Waals surface area contributed by atoms with Crippen LogP contribution in [-0.4, -0.2) is 20.4 Å². The molecule has 29 heavy (non-hydrogen) atoms. The first-order chi connectivity index (χ1) is 14.1. The van der Waals surface area contributed by atoms with Gasteiger partial charge in [0.05, 0.1) is 36.6 Å². The average Bonchev–Trinajstić information content (AvgIpc) is 3.42. The minimum Gasteiger partial charge on any atom is -0.467 e. The molecule has 0 fully saturated rings. The molecule has 0 atom stereocenters. The highest BCUT2D eigenvalue weighted by molar-refractivity contribution is 7.09. The second-order valence-corrected chi connectivity index (χ2v) is 7.90. The molecule has 0 unspecified atom stereocenters. The quantitative estimate of drug-likeness (QED) is 0.465. The highest BCUT2D eigenvalue weighted by Crippen LogP contribution is 2.16. The van der Waals surface area contributed by atoms with Gasteiger partial charge in [-0.05, 0) is 42.1 Å². The molecule has 0 saturated carbocycles. The molecular formula is C22H21N3O3S. The first-order valence-corrected chi connectivity index (χ1v) is 10.3. The molecule has 0 bridgehead atoms. The molecule has 4 aromatic rings. The summed E-state index contributed by atoms with van der Waals surface area (Å²) in [7, 11) is 0. The summed E-state index contributed by atoms with van der Waals surface area (Å²) in [6.45, 7) is 3.13. The number of carbonyl (C=O) groups is 1. The number of fused-ring (bicyclic) bond motifs is 1. The van der Waals surface area contributed by atoms with E-state index in [2.05, 4.69) is 4.98 Å². The number of carbonyl (C=O) groups excluding carboxylic acids is 1. The van der Waals surface area contributed by atoms with Gasteiger partial charge in [-0.15, -0.1) is 11.3 Å². The Balaban J connectivity index is 1.51. The van der Waals surface area contributed by atoms with Crippen LogP contribution in [0.3, 0.4) is 0 Å².